The lowest BCUT2D eigenvalue weighted by molar-refractivity contribution is 0.267. The first-order chi connectivity index (χ1) is 15.6. The Labute approximate surface area is 194 Å². The van der Waals surface area contributed by atoms with Gasteiger partial charge in [0.05, 0.1) is 30.0 Å². The van der Waals surface area contributed by atoms with E-state index < -0.39 is 0 Å². The fraction of sp³-hybridized carbons (Fsp3) is 0.125. The molecular formula is C24H18ClN3O3S. The number of hydrogen-bond donors (Lipinski definition) is 0. The molecule has 3 heterocycles. The summed E-state index contributed by atoms with van der Waals surface area (Å²) in [6.45, 7) is 0. The van der Waals surface area contributed by atoms with E-state index in [0.29, 0.717) is 27.9 Å². The molecule has 1 amide bonds. The Morgan fingerprint density at radius 1 is 1.16 bits per heavy atom. The number of carbonyl (C=O) groups is 1. The van der Waals surface area contributed by atoms with Crippen LogP contribution in [0.25, 0.3) is 6.08 Å². The highest BCUT2D eigenvalue weighted by Gasteiger charge is 2.37. The Bertz CT molecular complexity index is 1230. The van der Waals surface area contributed by atoms with Crippen LogP contribution in [0, 0.1) is 0 Å². The van der Waals surface area contributed by atoms with E-state index in [1.807, 2.05) is 65.7 Å². The maximum Gasteiger partial charge on any atom is 0.311 e. The number of hydrogen-bond acceptors (Lipinski definition) is 6. The summed E-state index contributed by atoms with van der Waals surface area (Å²) < 4.78 is 10.7. The maximum atomic E-state index is 12.3. The van der Waals surface area contributed by atoms with E-state index in [4.69, 9.17) is 25.9 Å². The fourth-order valence-corrected chi connectivity index (χ4v) is 4.52. The van der Waals surface area contributed by atoms with Crippen LogP contribution < -0.4 is 4.74 Å². The van der Waals surface area contributed by atoms with Crippen molar-refractivity contribution in [3.8, 4) is 5.75 Å². The minimum absolute atomic E-state index is 0.130. The molecule has 6 nitrogen and oxygen atoms in total. The predicted molar refractivity (Wildman–Crippen MR) is 127 cm³/mol. The normalized spacial score (nSPS) is 19.4. The number of carbonyl (C=O) groups excluding carboxylic acids is 1. The molecule has 0 radical (unpaired) electrons. The molecule has 5 rings (SSSR count). The van der Waals surface area contributed by atoms with Gasteiger partial charge >= 0.3 is 5.24 Å². The van der Waals surface area contributed by atoms with Gasteiger partial charge in [-0.05, 0) is 77.5 Å². The summed E-state index contributed by atoms with van der Waals surface area (Å²) >= 11 is 7.18. The van der Waals surface area contributed by atoms with Gasteiger partial charge in [0.15, 0.2) is 5.84 Å². The zero-order valence-electron chi connectivity index (χ0n) is 17.1. The number of benzene rings is 2. The Morgan fingerprint density at radius 2 is 1.94 bits per heavy atom. The van der Waals surface area contributed by atoms with Crippen molar-refractivity contribution in [3.63, 3.8) is 0 Å². The lowest BCUT2D eigenvalue weighted by Gasteiger charge is -2.23. The van der Waals surface area contributed by atoms with Gasteiger partial charge in [0, 0.05) is 11.4 Å². The zero-order chi connectivity index (χ0) is 22.1. The molecule has 32 heavy (non-hydrogen) atoms. The average molecular weight is 464 g/mol. The Balaban J connectivity index is 1.56. The number of hydrazone groups is 1. The second-order valence-electron chi connectivity index (χ2n) is 7.22. The largest absolute Gasteiger partial charge is 0.497 e. The van der Waals surface area contributed by atoms with E-state index in [-0.39, 0.29) is 11.3 Å². The van der Waals surface area contributed by atoms with Crippen molar-refractivity contribution in [2.45, 2.75) is 12.5 Å². The Morgan fingerprint density at radius 3 is 2.62 bits per heavy atom. The third-order valence-corrected chi connectivity index (χ3v) is 6.27. The first-order valence-electron chi connectivity index (χ1n) is 9.93. The van der Waals surface area contributed by atoms with Crippen LogP contribution in [0.15, 0.2) is 86.3 Å². The molecule has 0 spiro atoms. The van der Waals surface area contributed by atoms with E-state index in [1.54, 1.807) is 19.4 Å². The number of ether oxygens (including phenoxy) is 1. The van der Waals surface area contributed by atoms with Crippen LogP contribution in [0.2, 0.25) is 5.02 Å². The van der Waals surface area contributed by atoms with Gasteiger partial charge in [-0.15, -0.1) is 0 Å². The molecule has 0 N–H and O–H groups in total. The second kappa shape index (κ2) is 8.68. The lowest BCUT2D eigenvalue weighted by atomic mass is 9.98. The zero-order valence-corrected chi connectivity index (χ0v) is 18.6. The van der Waals surface area contributed by atoms with Gasteiger partial charge in [-0.2, -0.15) is 10.1 Å². The van der Waals surface area contributed by atoms with E-state index in [1.165, 1.54) is 0 Å². The number of rotatable bonds is 4. The molecule has 1 aromatic heterocycles. The number of methoxy groups -OCH3 is 1. The first kappa shape index (κ1) is 20.6. The number of nitrogens with zero attached hydrogens (tertiary/aromatic N) is 3. The van der Waals surface area contributed by atoms with E-state index >= 15 is 0 Å². The molecule has 0 saturated heterocycles. The summed E-state index contributed by atoms with van der Waals surface area (Å²) in [6, 6.07) is 19.0. The number of halogens is 1. The minimum atomic E-state index is -0.277. The van der Waals surface area contributed by atoms with Gasteiger partial charge < -0.3 is 9.15 Å². The number of furan rings is 1. The Hall–Kier alpha value is -3.29. The molecule has 2 aliphatic rings. The molecule has 0 bridgehead atoms. The highest BCUT2D eigenvalue weighted by Crippen LogP contribution is 2.39. The standard InChI is InChI=1S/C24H18ClN3O3S/c1-30-18-10-6-15(7-11-18)20-14-21(16-4-8-17(25)9-5-16)28(27-20)23-22(32-24(29)26-23)13-19-3-2-12-31-19/h2-13,21H,14H2,1H3/b22-13-. The summed E-state index contributed by atoms with van der Waals surface area (Å²) in [5, 5.41) is 7.11. The monoisotopic (exact) mass is 463 g/mol. The molecule has 0 aliphatic carbocycles. The SMILES string of the molecule is COc1ccc(C2=NN(C3=NC(=O)S/C3=C\c3ccco3)C(c3ccc(Cl)cc3)C2)cc1. The van der Waals surface area contributed by atoms with Crippen LogP contribution in [0.4, 0.5) is 4.79 Å². The fourth-order valence-electron chi connectivity index (χ4n) is 3.67. The third-order valence-electron chi connectivity index (χ3n) is 5.24. The number of amidine groups is 1. The van der Waals surface area contributed by atoms with Crippen molar-refractivity contribution < 1.29 is 13.9 Å². The summed E-state index contributed by atoms with van der Waals surface area (Å²) in [7, 11) is 1.64. The molecule has 0 fully saturated rings. The molecule has 160 valence electrons. The third kappa shape index (κ3) is 4.09. The number of aliphatic imine (C=N–C) groups is 1. The van der Waals surface area contributed by atoms with Crippen LogP contribution in [0.3, 0.4) is 0 Å². The molecule has 2 aromatic carbocycles. The molecule has 2 aliphatic heterocycles. The van der Waals surface area contributed by atoms with Crippen molar-refractivity contribution in [3.05, 3.63) is 93.7 Å². The van der Waals surface area contributed by atoms with Crippen LogP contribution >= 0.6 is 23.4 Å². The summed E-state index contributed by atoms with van der Waals surface area (Å²) in [5.74, 6) is 1.95. The molecule has 1 atom stereocenters. The molecule has 1 unspecified atom stereocenters. The maximum absolute atomic E-state index is 12.3. The molecular weight excluding hydrogens is 446 g/mol. The van der Waals surface area contributed by atoms with Crippen molar-refractivity contribution in [2.75, 3.05) is 7.11 Å². The van der Waals surface area contributed by atoms with Crippen LogP contribution in [-0.4, -0.2) is 28.9 Å². The van der Waals surface area contributed by atoms with Crippen molar-refractivity contribution in [1.29, 1.82) is 0 Å². The number of amides is 1. The van der Waals surface area contributed by atoms with E-state index in [2.05, 4.69) is 4.99 Å². The van der Waals surface area contributed by atoms with Gasteiger partial charge in [0.25, 0.3) is 0 Å². The van der Waals surface area contributed by atoms with E-state index in [9.17, 15) is 4.79 Å². The van der Waals surface area contributed by atoms with Gasteiger partial charge in [0.1, 0.15) is 11.5 Å². The highest BCUT2D eigenvalue weighted by molar-refractivity contribution is 8.18. The van der Waals surface area contributed by atoms with Gasteiger partial charge in [0.2, 0.25) is 0 Å². The molecule has 3 aromatic rings. The molecule has 8 heteroatoms. The van der Waals surface area contributed by atoms with Gasteiger partial charge in [-0.1, -0.05) is 23.7 Å². The summed E-state index contributed by atoms with van der Waals surface area (Å²) in [4.78, 5) is 17.2. The average Bonchev–Trinajstić information content (AvgIpc) is 3.55. The van der Waals surface area contributed by atoms with Crippen molar-refractivity contribution in [1.82, 2.24) is 5.01 Å². The topological polar surface area (TPSA) is 67.4 Å². The minimum Gasteiger partial charge on any atom is -0.497 e. The quantitative estimate of drug-likeness (QED) is 0.448. The van der Waals surface area contributed by atoms with Crippen LogP contribution in [-0.2, 0) is 0 Å². The van der Waals surface area contributed by atoms with Crippen molar-refractivity contribution in [2.24, 2.45) is 10.1 Å². The van der Waals surface area contributed by atoms with Crippen LogP contribution in [0.5, 0.6) is 5.75 Å². The summed E-state index contributed by atoms with van der Waals surface area (Å²) in [5.41, 5.74) is 2.92. The number of thioether (sulfide) groups is 1. The summed E-state index contributed by atoms with van der Waals surface area (Å²) in [6.07, 6.45) is 4.06. The lowest BCUT2D eigenvalue weighted by Crippen LogP contribution is -2.26. The van der Waals surface area contributed by atoms with Crippen molar-refractivity contribution >= 4 is 46.2 Å². The highest BCUT2D eigenvalue weighted by atomic mass is 35.5. The molecule has 0 saturated carbocycles. The first-order valence-corrected chi connectivity index (χ1v) is 11.1. The van der Waals surface area contributed by atoms with Crippen LogP contribution in [0.1, 0.15) is 29.3 Å². The van der Waals surface area contributed by atoms with Gasteiger partial charge in [-0.25, -0.2) is 5.01 Å². The Kier molecular flexibility index (Phi) is 5.59. The smallest absolute Gasteiger partial charge is 0.311 e. The van der Waals surface area contributed by atoms with Gasteiger partial charge in [-0.3, -0.25) is 4.79 Å². The van der Waals surface area contributed by atoms with E-state index in [0.717, 1.165) is 34.3 Å². The second-order valence-corrected chi connectivity index (χ2v) is 8.65. The predicted octanol–water partition coefficient (Wildman–Crippen LogP) is 6.40.